The monoisotopic (exact) mass is 174 g/mol. The fourth-order valence-electron chi connectivity index (χ4n) is 1.56. The van der Waals surface area contributed by atoms with Crippen molar-refractivity contribution in [3.8, 4) is 0 Å². The summed E-state index contributed by atoms with van der Waals surface area (Å²) in [6.07, 6.45) is 15.4. The van der Waals surface area contributed by atoms with Crippen molar-refractivity contribution < 1.29 is 0 Å². The molecule has 1 rings (SSSR count). The van der Waals surface area contributed by atoms with Crippen molar-refractivity contribution >= 4 is 0 Å². The molecule has 0 atom stereocenters. The largest absolute Gasteiger partial charge is 0.0991 e. The van der Waals surface area contributed by atoms with Gasteiger partial charge in [0, 0.05) is 0 Å². The smallest absolute Gasteiger partial charge is 0.0245 e. The molecule has 0 radical (unpaired) electrons. The van der Waals surface area contributed by atoms with Gasteiger partial charge in [0.15, 0.2) is 0 Å². The van der Waals surface area contributed by atoms with Crippen LogP contribution >= 0.6 is 0 Å². The molecule has 13 heavy (non-hydrogen) atoms. The number of hydrogen-bond donors (Lipinski definition) is 0. The van der Waals surface area contributed by atoms with Crippen molar-refractivity contribution in [2.45, 2.75) is 32.6 Å². The second kappa shape index (κ2) is 5.58. The fraction of sp³-hybridized carbons (Fsp3) is 0.385. The Balaban J connectivity index is 2.70. The Kier molecular flexibility index (Phi) is 4.31. The van der Waals surface area contributed by atoms with E-state index in [1.54, 1.807) is 0 Å². The topological polar surface area (TPSA) is 0 Å². The number of allylic oxidation sites excluding steroid dienone is 7. The van der Waals surface area contributed by atoms with Crippen molar-refractivity contribution in [2.24, 2.45) is 0 Å². The third kappa shape index (κ3) is 3.45. The molecule has 1 aliphatic rings. The lowest BCUT2D eigenvalue weighted by atomic mass is 9.97. The Labute approximate surface area is 81.4 Å². The van der Waals surface area contributed by atoms with Crippen LogP contribution in [0, 0.1) is 0 Å². The van der Waals surface area contributed by atoms with Gasteiger partial charge in [-0.25, -0.2) is 0 Å². The first-order chi connectivity index (χ1) is 6.34. The van der Waals surface area contributed by atoms with Crippen LogP contribution in [0.1, 0.15) is 32.6 Å². The molecule has 0 spiro atoms. The minimum atomic E-state index is 1.17. The van der Waals surface area contributed by atoms with Crippen LogP contribution in [-0.2, 0) is 0 Å². The zero-order valence-corrected chi connectivity index (χ0v) is 8.42. The maximum Gasteiger partial charge on any atom is -0.0245 e. The van der Waals surface area contributed by atoms with E-state index in [4.69, 9.17) is 0 Å². The summed E-state index contributed by atoms with van der Waals surface area (Å²) in [4.78, 5) is 0. The summed E-state index contributed by atoms with van der Waals surface area (Å²) in [7, 11) is 0. The minimum Gasteiger partial charge on any atom is -0.0991 e. The van der Waals surface area contributed by atoms with E-state index < -0.39 is 0 Å². The summed E-state index contributed by atoms with van der Waals surface area (Å²) in [5.41, 5.74) is 3.02. The molecule has 1 aliphatic carbocycles. The van der Waals surface area contributed by atoms with E-state index >= 15 is 0 Å². The van der Waals surface area contributed by atoms with E-state index in [0.29, 0.717) is 0 Å². The zero-order chi connectivity index (χ0) is 9.52. The molecule has 0 aromatic rings. The molecule has 0 aromatic carbocycles. The normalized spacial score (nSPS) is 18.8. The SMILES string of the molecule is C=CC=CC1=C(C)CCC=CCC1. The Hall–Kier alpha value is -1.04. The van der Waals surface area contributed by atoms with Gasteiger partial charge in [-0.2, -0.15) is 0 Å². The van der Waals surface area contributed by atoms with Gasteiger partial charge in [0.2, 0.25) is 0 Å². The van der Waals surface area contributed by atoms with Crippen molar-refractivity contribution in [2.75, 3.05) is 0 Å². The van der Waals surface area contributed by atoms with Gasteiger partial charge in [-0.05, 0) is 38.2 Å². The van der Waals surface area contributed by atoms with Gasteiger partial charge < -0.3 is 0 Å². The highest BCUT2D eigenvalue weighted by Crippen LogP contribution is 2.20. The lowest BCUT2D eigenvalue weighted by Gasteiger charge is -2.09. The molecule has 0 amide bonds. The summed E-state index contributed by atoms with van der Waals surface area (Å²) in [5, 5.41) is 0. The van der Waals surface area contributed by atoms with Crippen LogP contribution < -0.4 is 0 Å². The van der Waals surface area contributed by atoms with E-state index in [1.165, 1.54) is 36.8 Å². The highest BCUT2D eigenvalue weighted by molar-refractivity contribution is 5.28. The maximum absolute atomic E-state index is 3.69. The Bertz CT molecular complexity index is 251. The first-order valence-electron chi connectivity index (χ1n) is 4.97. The lowest BCUT2D eigenvalue weighted by Crippen LogP contribution is -1.89. The Morgan fingerprint density at radius 3 is 2.62 bits per heavy atom. The third-order valence-electron chi connectivity index (χ3n) is 2.41. The summed E-state index contributed by atoms with van der Waals surface area (Å²) in [5.74, 6) is 0. The van der Waals surface area contributed by atoms with Gasteiger partial charge in [0.25, 0.3) is 0 Å². The van der Waals surface area contributed by atoms with Crippen molar-refractivity contribution in [3.63, 3.8) is 0 Å². The molecule has 0 saturated heterocycles. The molecule has 0 N–H and O–H groups in total. The van der Waals surface area contributed by atoms with Crippen LogP contribution in [-0.4, -0.2) is 0 Å². The average Bonchev–Trinajstić information content (AvgIpc) is 2.11. The summed E-state index contributed by atoms with van der Waals surface area (Å²) >= 11 is 0. The first-order valence-corrected chi connectivity index (χ1v) is 4.97. The van der Waals surface area contributed by atoms with Crippen molar-refractivity contribution in [3.05, 3.63) is 48.1 Å². The molecule has 0 heterocycles. The molecule has 0 bridgehead atoms. The van der Waals surface area contributed by atoms with Crippen LogP contribution in [0.15, 0.2) is 48.1 Å². The van der Waals surface area contributed by atoms with Crippen LogP contribution in [0.5, 0.6) is 0 Å². The van der Waals surface area contributed by atoms with E-state index in [-0.39, 0.29) is 0 Å². The second-order valence-corrected chi connectivity index (χ2v) is 3.45. The standard InChI is InChI=1S/C13H18/c1-3-4-10-13-11-8-6-5-7-9-12(13)2/h3-6,10H,1,7-9,11H2,2H3. The van der Waals surface area contributed by atoms with Crippen molar-refractivity contribution in [1.82, 2.24) is 0 Å². The van der Waals surface area contributed by atoms with Crippen LogP contribution in [0.2, 0.25) is 0 Å². The number of hydrogen-bond acceptors (Lipinski definition) is 0. The molecule has 0 saturated carbocycles. The molecular formula is C13H18. The molecule has 0 fully saturated rings. The van der Waals surface area contributed by atoms with Gasteiger partial charge in [-0.1, -0.05) is 42.5 Å². The highest BCUT2D eigenvalue weighted by atomic mass is 14.1. The van der Waals surface area contributed by atoms with Crippen LogP contribution in [0.25, 0.3) is 0 Å². The maximum atomic E-state index is 3.69. The Morgan fingerprint density at radius 1 is 1.23 bits per heavy atom. The third-order valence-corrected chi connectivity index (χ3v) is 2.41. The van der Waals surface area contributed by atoms with Crippen LogP contribution in [0.4, 0.5) is 0 Å². The molecule has 0 aliphatic heterocycles. The molecular weight excluding hydrogens is 156 g/mol. The predicted molar refractivity (Wildman–Crippen MR) is 59.6 cm³/mol. The summed E-state index contributed by atoms with van der Waals surface area (Å²) < 4.78 is 0. The Morgan fingerprint density at radius 2 is 1.92 bits per heavy atom. The summed E-state index contributed by atoms with van der Waals surface area (Å²) in [6.45, 7) is 5.93. The van der Waals surface area contributed by atoms with Gasteiger partial charge in [0.1, 0.15) is 0 Å². The molecule has 0 unspecified atom stereocenters. The van der Waals surface area contributed by atoms with Gasteiger partial charge in [-0.3, -0.25) is 0 Å². The molecule has 0 heteroatoms. The van der Waals surface area contributed by atoms with Crippen molar-refractivity contribution in [1.29, 1.82) is 0 Å². The zero-order valence-electron chi connectivity index (χ0n) is 8.42. The predicted octanol–water partition coefficient (Wildman–Crippen LogP) is 4.18. The molecule has 70 valence electrons. The average molecular weight is 174 g/mol. The highest BCUT2D eigenvalue weighted by Gasteiger charge is 2.00. The fourth-order valence-corrected chi connectivity index (χ4v) is 1.56. The number of rotatable bonds is 2. The van der Waals surface area contributed by atoms with Gasteiger partial charge in [-0.15, -0.1) is 0 Å². The van der Waals surface area contributed by atoms with E-state index in [9.17, 15) is 0 Å². The second-order valence-electron chi connectivity index (χ2n) is 3.45. The van der Waals surface area contributed by atoms with Gasteiger partial charge >= 0.3 is 0 Å². The minimum absolute atomic E-state index is 1.17. The van der Waals surface area contributed by atoms with E-state index in [0.717, 1.165) is 0 Å². The van der Waals surface area contributed by atoms with E-state index in [1.807, 2.05) is 12.2 Å². The van der Waals surface area contributed by atoms with Crippen LogP contribution in [0.3, 0.4) is 0 Å². The lowest BCUT2D eigenvalue weighted by molar-refractivity contribution is 0.883. The molecule has 0 aromatic heterocycles. The quantitative estimate of drug-likeness (QED) is 0.435. The molecule has 0 nitrogen and oxygen atoms in total. The first kappa shape index (κ1) is 10.0. The van der Waals surface area contributed by atoms with Gasteiger partial charge in [0.05, 0.1) is 0 Å². The van der Waals surface area contributed by atoms with E-state index in [2.05, 4.69) is 31.7 Å². The summed E-state index contributed by atoms with van der Waals surface area (Å²) in [6, 6.07) is 0.